The summed E-state index contributed by atoms with van der Waals surface area (Å²) in [4.78, 5) is 28.0. The third kappa shape index (κ3) is 3.12. The molecule has 1 N–H and O–H groups in total. The van der Waals surface area contributed by atoms with Gasteiger partial charge in [-0.3, -0.25) is 14.5 Å². The Kier molecular flexibility index (Phi) is 3.99. The minimum Gasteiger partial charge on any atom is -0.480 e. The Morgan fingerprint density at radius 2 is 2.00 bits per heavy atom. The number of carbonyl (C=O) groups is 2. The van der Waals surface area contributed by atoms with Gasteiger partial charge in [-0.15, -0.1) is 0 Å². The lowest BCUT2D eigenvalue weighted by molar-refractivity contribution is -0.135. The van der Waals surface area contributed by atoms with Crippen molar-refractivity contribution in [1.82, 2.24) is 10.1 Å². The zero-order valence-corrected chi connectivity index (χ0v) is 11.2. The van der Waals surface area contributed by atoms with Gasteiger partial charge in [0.2, 0.25) is 5.89 Å². The summed E-state index contributed by atoms with van der Waals surface area (Å²) in [6, 6.07) is 6.19. The highest BCUT2D eigenvalue weighted by molar-refractivity contribution is 6.30. The highest BCUT2D eigenvalue weighted by Crippen LogP contribution is 2.19. The van der Waals surface area contributed by atoms with Gasteiger partial charge in [0.25, 0.3) is 11.7 Å². The molecule has 104 valence electrons. The van der Waals surface area contributed by atoms with Gasteiger partial charge in [-0.05, 0) is 24.3 Å². The van der Waals surface area contributed by atoms with Crippen molar-refractivity contribution < 1.29 is 19.2 Å². The van der Waals surface area contributed by atoms with Gasteiger partial charge < -0.3 is 9.63 Å². The molecule has 7 nitrogen and oxygen atoms in total. The number of aliphatic carboxylic acids is 1. The second kappa shape index (κ2) is 5.70. The molecule has 0 atom stereocenters. The van der Waals surface area contributed by atoms with Crippen LogP contribution in [-0.4, -0.2) is 33.7 Å². The average molecular weight is 296 g/mol. The molecule has 0 aliphatic heterocycles. The van der Waals surface area contributed by atoms with Crippen LogP contribution in [0.2, 0.25) is 5.02 Å². The molecular weight excluding hydrogens is 286 g/mol. The van der Waals surface area contributed by atoms with Crippen LogP contribution in [0.3, 0.4) is 0 Å². The lowest BCUT2D eigenvalue weighted by Gasteiger charge is -2.19. The van der Waals surface area contributed by atoms with E-state index in [9.17, 15) is 9.59 Å². The Bertz CT molecular complexity index is 638. The number of benzene rings is 1. The molecule has 8 heteroatoms. The van der Waals surface area contributed by atoms with E-state index in [1.165, 1.54) is 19.1 Å². The molecule has 1 aromatic carbocycles. The monoisotopic (exact) mass is 295 g/mol. The summed E-state index contributed by atoms with van der Waals surface area (Å²) < 4.78 is 4.72. The number of hydrogen-bond donors (Lipinski definition) is 1. The van der Waals surface area contributed by atoms with Crippen LogP contribution in [0.15, 0.2) is 28.8 Å². The van der Waals surface area contributed by atoms with Crippen molar-refractivity contribution >= 4 is 29.2 Å². The Hall–Kier alpha value is -2.41. The molecule has 20 heavy (non-hydrogen) atoms. The SMILES string of the molecule is Cc1nc(C(=O)N(CC(=O)O)c2ccc(Cl)cc2)no1. The highest BCUT2D eigenvalue weighted by Gasteiger charge is 2.24. The van der Waals surface area contributed by atoms with E-state index in [1.54, 1.807) is 12.1 Å². The molecule has 2 aromatic rings. The van der Waals surface area contributed by atoms with E-state index >= 15 is 0 Å². The molecule has 0 aliphatic carbocycles. The van der Waals surface area contributed by atoms with Crippen molar-refractivity contribution in [2.45, 2.75) is 6.92 Å². The van der Waals surface area contributed by atoms with Crippen LogP contribution in [0.1, 0.15) is 16.5 Å². The van der Waals surface area contributed by atoms with E-state index in [0.29, 0.717) is 10.7 Å². The first-order chi connectivity index (χ1) is 9.47. The Labute approximate surface area is 118 Å². The Morgan fingerprint density at radius 1 is 1.35 bits per heavy atom. The van der Waals surface area contributed by atoms with Gasteiger partial charge in [0.15, 0.2) is 0 Å². The normalized spacial score (nSPS) is 10.3. The van der Waals surface area contributed by atoms with Gasteiger partial charge in [0, 0.05) is 17.6 Å². The van der Waals surface area contributed by atoms with Gasteiger partial charge >= 0.3 is 5.97 Å². The molecule has 0 unspecified atom stereocenters. The number of nitrogens with zero attached hydrogens (tertiary/aromatic N) is 3. The van der Waals surface area contributed by atoms with Gasteiger partial charge in [-0.2, -0.15) is 4.98 Å². The van der Waals surface area contributed by atoms with Crippen LogP contribution < -0.4 is 4.90 Å². The van der Waals surface area contributed by atoms with Crippen LogP contribution in [0.25, 0.3) is 0 Å². The van der Waals surface area contributed by atoms with Gasteiger partial charge in [0.1, 0.15) is 6.54 Å². The minimum atomic E-state index is -1.16. The van der Waals surface area contributed by atoms with Crippen LogP contribution in [0.4, 0.5) is 5.69 Å². The number of anilines is 1. The van der Waals surface area contributed by atoms with Gasteiger partial charge in [0.05, 0.1) is 0 Å². The fraction of sp³-hybridized carbons (Fsp3) is 0.167. The van der Waals surface area contributed by atoms with E-state index in [1.807, 2.05) is 0 Å². The fourth-order valence-electron chi connectivity index (χ4n) is 1.54. The minimum absolute atomic E-state index is 0.196. The first kappa shape index (κ1) is 14.0. The van der Waals surface area contributed by atoms with Crippen molar-refractivity contribution in [3.05, 3.63) is 41.0 Å². The van der Waals surface area contributed by atoms with E-state index < -0.39 is 18.4 Å². The predicted octanol–water partition coefficient (Wildman–Crippen LogP) is 1.76. The van der Waals surface area contributed by atoms with E-state index in [0.717, 1.165) is 4.90 Å². The molecule has 1 heterocycles. The maximum Gasteiger partial charge on any atom is 0.323 e. The number of rotatable bonds is 4. The van der Waals surface area contributed by atoms with E-state index in [-0.39, 0.29) is 11.7 Å². The molecule has 1 amide bonds. The summed E-state index contributed by atoms with van der Waals surface area (Å²) >= 11 is 5.76. The lowest BCUT2D eigenvalue weighted by Crippen LogP contribution is -2.36. The summed E-state index contributed by atoms with van der Waals surface area (Å²) in [5, 5.41) is 12.9. The smallest absolute Gasteiger partial charge is 0.323 e. The molecule has 2 rings (SSSR count). The van der Waals surface area contributed by atoms with E-state index in [4.69, 9.17) is 21.2 Å². The number of aryl methyl sites for hydroxylation is 1. The summed E-state index contributed by atoms with van der Waals surface area (Å²) in [6.07, 6.45) is 0. The van der Waals surface area contributed by atoms with Crippen molar-refractivity contribution in [1.29, 1.82) is 0 Å². The largest absolute Gasteiger partial charge is 0.480 e. The number of carboxylic acids is 1. The molecule has 0 radical (unpaired) electrons. The topological polar surface area (TPSA) is 96.5 Å². The summed E-state index contributed by atoms with van der Waals surface area (Å²) in [6.45, 7) is 1.02. The first-order valence-electron chi connectivity index (χ1n) is 5.57. The Balaban J connectivity index is 2.34. The fourth-order valence-corrected chi connectivity index (χ4v) is 1.67. The van der Waals surface area contributed by atoms with Crippen LogP contribution in [0.5, 0.6) is 0 Å². The predicted molar refractivity (Wildman–Crippen MR) is 69.8 cm³/mol. The van der Waals surface area contributed by atoms with Crippen molar-refractivity contribution in [3.63, 3.8) is 0 Å². The molecule has 0 saturated carbocycles. The summed E-state index contributed by atoms with van der Waals surface area (Å²) in [5.41, 5.74) is 0.379. The Morgan fingerprint density at radius 3 is 2.50 bits per heavy atom. The lowest BCUT2D eigenvalue weighted by atomic mass is 10.2. The van der Waals surface area contributed by atoms with Crippen molar-refractivity contribution in [2.24, 2.45) is 0 Å². The second-order valence-corrected chi connectivity index (χ2v) is 4.33. The number of halogens is 1. The quantitative estimate of drug-likeness (QED) is 0.923. The third-order valence-corrected chi connectivity index (χ3v) is 2.65. The zero-order valence-electron chi connectivity index (χ0n) is 10.4. The van der Waals surface area contributed by atoms with Crippen molar-refractivity contribution in [3.8, 4) is 0 Å². The first-order valence-corrected chi connectivity index (χ1v) is 5.94. The van der Waals surface area contributed by atoms with Gasteiger partial charge in [-0.1, -0.05) is 16.8 Å². The van der Waals surface area contributed by atoms with Crippen molar-refractivity contribution in [2.75, 3.05) is 11.4 Å². The average Bonchev–Trinajstić information content (AvgIpc) is 2.83. The number of carboxylic acid groups (broad SMARTS) is 1. The number of aromatic nitrogens is 2. The van der Waals surface area contributed by atoms with Crippen LogP contribution in [-0.2, 0) is 4.79 Å². The number of carbonyl (C=O) groups excluding carboxylic acids is 1. The molecule has 0 bridgehead atoms. The second-order valence-electron chi connectivity index (χ2n) is 3.90. The van der Waals surface area contributed by atoms with Gasteiger partial charge in [-0.25, -0.2) is 0 Å². The standard InChI is InChI=1S/C12H10ClN3O4/c1-7-14-11(15-20-7)12(19)16(6-10(17)18)9-4-2-8(13)3-5-9/h2-5H,6H2,1H3,(H,17,18). The van der Waals surface area contributed by atoms with Crippen LogP contribution in [0, 0.1) is 6.92 Å². The van der Waals surface area contributed by atoms with E-state index in [2.05, 4.69) is 10.1 Å². The zero-order chi connectivity index (χ0) is 14.7. The molecule has 0 aliphatic rings. The third-order valence-electron chi connectivity index (χ3n) is 2.40. The van der Waals surface area contributed by atoms with Crippen LogP contribution >= 0.6 is 11.6 Å². The highest BCUT2D eigenvalue weighted by atomic mass is 35.5. The summed E-state index contributed by atoms with van der Waals surface area (Å²) in [5.74, 6) is -1.79. The molecule has 0 saturated heterocycles. The molecule has 0 fully saturated rings. The number of amides is 1. The maximum atomic E-state index is 12.2. The molecule has 0 spiro atoms. The summed E-state index contributed by atoms with van der Waals surface area (Å²) in [7, 11) is 0. The number of hydrogen-bond acceptors (Lipinski definition) is 5. The molecule has 1 aromatic heterocycles. The maximum absolute atomic E-state index is 12.2. The molecular formula is C12H10ClN3O4.